The Hall–Kier alpha value is -2.15. The fraction of sp³-hybridized carbons (Fsp3) is 0.357. The molecule has 6 nitrogen and oxygen atoms in total. The van der Waals surface area contributed by atoms with Crippen LogP contribution in [-0.2, 0) is 9.59 Å². The van der Waals surface area contributed by atoms with E-state index in [2.05, 4.69) is 5.32 Å². The molecule has 0 saturated carbocycles. The van der Waals surface area contributed by atoms with E-state index in [0.717, 1.165) is 0 Å². The third-order valence-electron chi connectivity index (χ3n) is 2.91. The van der Waals surface area contributed by atoms with Crippen LogP contribution >= 0.6 is 12.2 Å². The molecule has 1 aromatic rings. The first-order chi connectivity index (χ1) is 9.74. The first kappa shape index (κ1) is 16.9. The average molecular weight is 309 g/mol. The van der Waals surface area contributed by atoms with Gasteiger partial charge in [0.25, 0.3) is 5.91 Å². The topological polar surface area (TPSA) is 107 Å². The molecule has 0 saturated heterocycles. The van der Waals surface area contributed by atoms with Crippen LogP contribution in [0.2, 0.25) is 0 Å². The van der Waals surface area contributed by atoms with Gasteiger partial charge in [0.1, 0.15) is 10.7 Å². The van der Waals surface area contributed by atoms with E-state index >= 15 is 0 Å². The average Bonchev–Trinajstić information content (AvgIpc) is 2.43. The summed E-state index contributed by atoms with van der Waals surface area (Å²) in [5.41, 5.74) is 10.5. The van der Waals surface area contributed by atoms with Crippen molar-refractivity contribution >= 4 is 29.0 Å². The number of carbonyl (C=O) groups excluding carboxylic acids is 2. The van der Waals surface area contributed by atoms with Gasteiger partial charge in [-0.1, -0.05) is 24.4 Å². The molecule has 0 spiro atoms. The summed E-state index contributed by atoms with van der Waals surface area (Å²) in [6.07, 6.45) is 0. The van der Waals surface area contributed by atoms with Gasteiger partial charge in [0.2, 0.25) is 5.91 Å². The second-order valence-corrected chi connectivity index (χ2v) is 5.61. The molecule has 0 aliphatic heterocycles. The van der Waals surface area contributed by atoms with Gasteiger partial charge in [-0.25, -0.2) is 0 Å². The normalized spacial score (nSPS) is 10.8. The van der Waals surface area contributed by atoms with Crippen molar-refractivity contribution in [3.8, 4) is 5.75 Å². The Morgan fingerprint density at radius 3 is 2.48 bits per heavy atom. The summed E-state index contributed by atoms with van der Waals surface area (Å²) in [7, 11) is 0. The summed E-state index contributed by atoms with van der Waals surface area (Å²) in [6.45, 7) is 3.24. The van der Waals surface area contributed by atoms with Gasteiger partial charge in [0, 0.05) is 6.54 Å². The molecule has 0 heterocycles. The molecule has 0 radical (unpaired) electrons. The van der Waals surface area contributed by atoms with Crippen molar-refractivity contribution in [1.82, 2.24) is 5.32 Å². The third kappa shape index (κ3) is 5.03. The van der Waals surface area contributed by atoms with E-state index in [9.17, 15) is 9.59 Å². The highest BCUT2D eigenvalue weighted by Gasteiger charge is 2.25. The molecule has 0 fully saturated rings. The number of thiocarbonyl (C=S) groups is 1. The minimum absolute atomic E-state index is 0.140. The molecule has 114 valence electrons. The van der Waals surface area contributed by atoms with Crippen LogP contribution in [0.5, 0.6) is 5.75 Å². The quantitative estimate of drug-likeness (QED) is 0.629. The van der Waals surface area contributed by atoms with E-state index < -0.39 is 11.3 Å². The highest BCUT2D eigenvalue weighted by molar-refractivity contribution is 7.80. The van der Waals surface area contributed by atoms with Crippen LogP contribution in [0.15, 0.2) is 24.3 Å². The van der Waals surface area contributed by atoms with Gasteiger partial charge in [-0.3, -0.25) is 9.59 Å². The van der Waals surface area contributed by atoms with Crippen LogP contribution in [0.25, 0.3) is 0 Å². The van der Waals surface area contributed by atoms with Crippen molar-refractivity contribution in [1.29, 1.82) is 0 Å². The maximum atomic E-state index is 11.7. The van der Waals surface area contributed by atoms with Crippen LogP contribution < -0.4 is 21.5 Å². The predicted molar refractivity (Wildman–Crippen MR) is 83.8 cm³/mol. The molecule has 0 unspecified atom stereocenters. The first-order valence-electron chi connectivity index (χ1n) is 6.32. The van der Waals surface area contributed by atoms with Gasteiger partial charge >= 0.3 is 0 Å². The largest absolute Gasteiger partial charge is 0.483 e. The lowest BCUT2D eigenvalue weighted by Gasteiger charge is -2.20. The highest BCUT2D eigenvalue weighted by Crippen LogP contribution is 2.17. The zero-order valence-electron chi connectivity index (χ0n) is 12.0. The molecule has 0 aliphatic rings. The number of nitrogens with one attached hydrogen (secondary N) is 1. The zero-order valence-corrected chi connectivity index (χ0v) is 12.8. The number of nitrogens with two attached hydrogens (primary N) is 2. The number of rotatable bonds is 7. The molecule has 1 rings (SSSR count). The number of carbonyl (C=O) groups is 2. The van der Waals surface area contributed by atoms with Crippen molar-refractivity contribution in [2.24, 2.45) is 16.9 Å². The van der Waals surface area contributed by atoms with Crippen molar-refractivity contribution in [3.05, 3.63) is 29.8 Å². The van der Waals surface area contributed by atoms with Crippen LogP contribution in [-0.4, -0.2) is 30.0 Å². The molecule has 0 aliphatic carbocycles. The SMILES string of the molecule is CC(C)(CNC(=O)COc1ccccc1C(N)=S)C(N)=O. The van der Waals surface area contributed by atoms with Gasteiger partial charge in [-0.2, -0.15) is 0 Å². The Kier molecular flexibility index (Phi) is 5.66. The molecule has 0 aromatic heterocycles. The molecular formula is C14H19N3O3S. The van der Waals surface area contributed by atoms with Crippen LogP contribution in [0.1, 0.15) is 19.4 Å². The Balaban J connectivity index is 2.55. The lowest BCUT2D eigenvalue weighted by molar-refractivity contribution is -0.127. The molecule has 2 amide bonds. The Bertz CT molecular complexity index is 558. The van der Waals surface area contributed by atoms with E-state index in [0.29, 0.717) is 11.3 Å². The number of primary amides is 1. The lowest BCUT2D eigenvalue weighted by Crippen LogP contribution is -2.43. The maximum absolute atomic E-state index is 11.7. The predicted octanol–water partition coefficient (Wildman–Crippen LogP) is 0.327. The van der Waals surface area contributed by atoms with Crippen molar-refractivity contribution in [2.45, 2.75) is 13.8 Å². The van der Waals surface area contributed by atoms with Gasteiger partial charge in [-0.15, -0.1) is 0 Å². The number of hydrogen-bond donors (Lipinski definition) is 3. The van der Waals surface area contributed by atoms with E-state index in [4.69, 9.17) is 28.4 Å². The second kappa shape index (κ2) is 7.03. The third-order valence-corrected chi connectivity index (χ3v) is 3.13. The van der Waals surface area contributed by atoms with Crippen molar-refractivity contribution in [3.63, 3.8) is 0 Å². The molecule has 7 heteroatoms. The number of amides is 2. The van der Waals surface area contributed by atoms with Gasteiger partial charge in [-0.05, 0) is 26.0 Å². The second-order valence-electron chi connectivity index (χ2n) is 5.17. The molecular weight excluding hydrogens is 290 g/mol. The minimum Gasteiger partial charge on any atom is -0.483 e. The van der Waals surface area contributed by atoms with Gasteiger partial charge in [0.05, 0.1) is 11.0 Å². The summed E-state index contributed by atoms with van der Waals surface area (Å²) in [5, 5.41) is 2.59. The monoisotopic (exact) mass is 309 g/mol. The van der Waals surface area contributed by atoms with Crippen LogP contribution in [0.3, 0.4) is 0 Å². The number of hydrogen-bond acceptors (Lipinski definition) is 4. The first-order valence-corrected chi connectivity index (χ1v) is 6.73. The van der Waals surface area contributed by atoms with Crippen molar-refractivity contribution < 1.29 is 14.3 Å². The number of para-hydroxylation sites is 1. The van der Waals surface area contributed by atoms with Crippen molar-refractivity contribution in [2.75, 3.05) is 13.2 Å². The molecule has 5 N–H and O–H groups in total. The van der Waals surface area contributed by atoms with Crippen LogP contribution in [0, 0.1) is 5.41 Å². The van der Waals surface area contributed by atoms with Gasteiger partial charge in [0.15, 0.2) is 6.61 Å². The van der Waals surface area contributed by atoms with E-state index in [1.54, 1.807) is 38.1 Å². The van der Waals surface area contributed by atoms with Gasteiger partial charge < -0.3 is 21.5 Å². The zero-order chi connectivity index (χ0) is 16.0. The summed E-state index contributed by atoms with van der Waals surface area (Å²) < 4.78 is 5.39. The lowest BCUT2D eigenvalue weighted by atomic mass is 9.93. The fourth-order valence-corrected chi connectivity index (χ4v) is 1.57. The summed E-state index contributed by atoms with van der Waals surface area (Å²) in [6, 6.07) is 6.92. The highest BCUT2D eigenvalue weighted by atomic mass is 32.1. The van der Waals surface area contributed by atoms with E-state index in [1.807, 2.05) is 0 Å². The smallest absolute Gasteiger partial charge is 0.257 e. The Morgan fingerprint density at radius 1 is 1.29 bits per heavy atom. The molecule has 1 aromatic carbocycles. The maximum Gasteiger partial charge on any atom is 0.257 e. The standard InChI is InChI=1S/C14H19N3O3S/c1-14(2,13(16)19)8-17-11(18)7-20-10-6-4-3-5-9(10)12(15)21/h3-6H,7-8H2,1-2H3,(H2,15,21)(H2,16,19)(H,17,18). The fourth-order valence-electron chi connectivity index (χ4n) is 1.40. The number of ether oxygens (including phenoxy) is 1. The molecule has 0 bridgehead atoms. The molecule has 21 heavy (non-hydrogen) atoms. The minimum atomic E-state index is -0.813. The number of benzene rings is 1. The summed E-state index contributed by atoms with van der Waals surface area (Å²) >= 11 is 4.90. The Labute approximate surface area is 128 Å². The van der Waals surface area contributed by atoms with E-state index in [1.165, 1.54) is 0 Å². The summed E-state index contributed by atoms with van der Waals surface area (Å²) in [5.74, 6) is -0.404. The Morgan fingerprint density at radius 2 is 1.90 bits per heavy atom. The summed E-state index contributed by atoms with van der Waals surface area (Å²) in [4.78, 5) is 23.1. The molecule has 0 atom stereocenters. The van der Waals surface area contributed by atoms with E-state index in [-0.39, 0.29) is 24.0 Å². The van der Waals surface area contributed by atoms with Crippen LogP contribution in [0.4, 0.5) is 0 Å².